The molecule has 8 heteroatoms. The molecule has 122 valence electrons. The normalized spacial score (nSPS) is 15.6. The van der Waals surface area contributed by atoms with E-state index in [1.807, 2.05) is 5.38 Å². The number of nitrogens with one attached hydrogen (secondary N) is 1. The first-order valence-electron chi connectivity index (χ1n) is 7.12. The predicted octanol–water partition coefficient (Wildman–Crippen LogP) is 3.13. The van der Waals surface area contributed by atoms with E-state index >= 15 is 0 Å². The number of anilines is 1. The van der Waals surface area contributed by atoms with Gasteiger partial charge in [0.15, 0.2) is 5.13 Å². The molecule has 1 aromatic carbocycles. The van der Waals surface area contributed by atoms with Crippen molar-refractivity contribution < 1.29 is 13.9 Å². The Labute approximate surface area is 145 Å². The highest BCUT2D eigenvalue weighted by Gasteiger charge is 2.14. The third-order valence-electron chi connectivity index (χ3n) is 3.39. The van der Waals surface area contributed by atoms with E-state index in [-0.39, 0.29) is 11.5 Å². The van der Waals surface area contributed by atoms with Crippen LogP contribution in [0.25, 0.3) is 0 Å². The van der Waals surface area contributed by atoms with Crippen molar-refractivity contribution in [3.63, 3.8) is 0 Å². The first-order chi connectivity index (χ1) is 11.1. The quantitative estimate of drug-likeness (QED) is 0.857. The smallest absolute Gasteiger partial charge is 0.257 e. The highest BCUT2D eigenvalue weighted by Crippen LogP contribution is 2.20. The molecule has 0 radical (unpaired) electrons. The minimum atomic E-state index is -0.461. The molecular weight excluding hydrogens is 385 g/mol. The van der Waals surface area contributed by atoms with E-state index in [1.54, 1.807) is 6.07 Å². The van der Waals surface area contributed by atoms with Gasteiger partial charge in [-0.05, 0) is 18.2 Å². The topological polar surface area (TPSA) is 54.5 Å². The highest BCUT2D eigenvalue weighted by molar-refractivity contribution is 9.10. The average molecular weight is 400 g/mol. The van der Waals surface area contributed by atoms with Gasteiger partial charge in [-0.1, -0.05) is 15.9 Å². The van der Waals surface area contributed by atoms with Crippen LogP contribution in [0.15, 0.2) is 28.1 Å². The number of rotatable bonds is 4. The van der Waals surface area contributed by atoms with Crippen LogP contribution in [0.1, 0.15) is 16.1 Å². The number of nitrogens with zero attached hydrogens (tertiary/aromatic N) is 2. The standard InChI is InChI=1S/C15H15BrFN3O2S/c16-11-5-10(6-12(17)7-11)14(21)19-15-18-13(9-23-15)8-20-1-3-22-4-2-20/h5-7,9H,1-4,8H2,(H,18,19,21). The van der Waals surface area contributed by atoms with Gasteiger partial charge in [0.05, 0.1) is 18.9 Å². The lowest BCUT2D eigenvalue weighted by Gasteiger charge is -2.25. The van der Waals surface area contributed by atoms with Gasteiger partial charge in [0, 0.05) is 35.1 Å². The Morgan fingerprint density at radius 1 is 1.39 bits per heavy atom. The lowest BCUT2D eigenvalue weighted by Crippen LogP contribution is -2.35. The fourth-order valence-corrected chi connectivity index (χ4v) is 3.44. The number of aromatic nitrogens is 1. The molecule has 1 aromatic heterocycles. The second-order valence-corrected chi connectivity index (χ2v) is 6.92. The SMILES string of the molecule is O=C(Nc1nc(CN2CCOCC2)cs1)c1cc(F)cc(Br)c1. The summed E-state index contributed by atoms with van der Waals surface area (Å²) in [4.78, 5) is 18.8. The molecule has 0 atom stereocenters. The van der Waals surface area contributed by atoms with Crippen molar-refractivity contribution in [1.29, 1.82) is 0 Å². The summed E-state index contributed by atoms with van der Waals surface area (Å²) in [6, 6.07) is 4.07. The molecule has 1 saturated heterocycles. The maximum Gasteiger partial charge on any atom is 0.257 e. The van der Waals surface area contributed by atoms with Crippen LogP contribution in [0, 0.1) is 5.82 Å². The summed E-state index contributed by atoms with van der Waals surface area (Å²) in [6.07, 6.45) is 0. The van der Waals surface area contributed by atoms with Gasteiger partial charge in [0.1, 0.15) is 5.82 Å². The minimum absolute atomic E-state index is 0.252. The van der Waals surface area contributed by atoms with E-state index in [1.165, 1.54) is 23.5 Å². The second kappa shape index (κ2) is 7.48. The Balaban J connectivity index is 1.62. The van der Waals surface area contributed by atoms with Crippen LogP contribution < -0.4 is 5.32 Å². The summed E-state index contributed by atoms with van der Waals surface area (Å²) in [6.45, 7) is 3.98. The first-order valence-corrected chi connectivity index (χ1v) is 8.79. The van der Waals surface area contributed by atoms with Gasteiger partial charge in [0.25, 0.3) is 5.91 Å². The lowest BCUT2D eigenvalue weighted by atomic mass is 10.2. The molecule has 0 saturated carbocycles. The van der Waals surface area contributed by atoms with Gasteiger partial charge >= 0.3 is 0 Å². The molecule has 3 rings (SSSR count). The van der Waals surface area contributed by atoms with Gasteiger partial charge in [0.2, 0.25) is 0 Å². The van der Waals surface area contributed by atoms with Gasteiger partial charge < -0.3 is 4.74 Å². The Bertz CT molecular complexity index is 684. The summed E-state index contributed by atoms with van der Waals surface area (Å²) in [7, 11) is 0. The Kier molecular flexibility index (Phi) is 5.37. The van der Waals surface area contributed by atoms with Crippen molar-refractivity contribution in [3.8, 4) is 0 Å². The van der Waals surface area contributed by atoms with Gasteiger partial charge in [-0.3, -0.25) is 15.0 Å². The van der Waals surface area contributed by atoms with Gasteiger partial charge in [-0.25, -0.2) is 9.37 Å². The molecule has 0 bridgehead atoms. The number of hydrogen-bond donors (Lipinski definition) is 1. The van der Waals surface area contributed by atoms with Crippen molar-refractivity contribution >= 4 is 38.3 Å². The molecule has 1 amide bonds. The third-order valence-corrected chi connectivity index (χ3v) is 4.65. The number of halogens is 2. The van der Waals surface area contributed by atoms with Crippen LogP contribution in [0.4, 0.5) is 9.52 Å². The molecule has 2 heterocycles. The summed E-state index contributed by atoms with van der Waals surface area (Å²) in [5, 5.41) is 5.14. The van der Waals surface area contributed by atoms with Crippen molar-refractivity contribution in [2.75, 3.05) is 31.6 Å². The van der Waals surface area contributed by atoms with E-state index in [2.05, 4.69) is 31.1 Å². The van der Waals surface area contributed by atoms with Crippen LogP contribution in [-0.2, 0) is 11.3 Å². The molecule has 23 heavy (non-hydrogen) atoms. The molecule has 2 aromatic rings. The Morgan fingerprint density at radius 3 is 2.91 bits per heavy atom. The molecule has 1 aliphatic heterocycles. The third kappa shape index (κ3) is 4.57. The van der Waals surface area contributed by atoms with E-state index in [9.17, 15) is 9.18 Å². The van der Waals surface area contributed by atoms with E-state index in [0.717, 1.165) is 38.5 Å². The molecule has 0 spiro atoms. The molecule has 0 aliphatic carbocycles. The maximum atomic E-state index is 13.4. The van der Waals surface area contributed by atoms with Gasteiger partial charge in [-0.2, -0.15) is 0 Å². The molecule has 1 aliphatic rings. The van der Waals surface area contributed by atoms with Crippen molar-refractivity contribution in [3.05, 3.63) is 45.1 Å². The van der Waals surface area contributed by atoms with Crippen LogP contribution in [0.3, 0.4) is 0 Å². The molecule has 1 fully saturated rings. The zero-order valence-corrected chi connectivity index (χ0v) is 14.6. The highest BCUT2D eigenvalue weighted by atomic mass is 79.9. The van der Waals surface area contributed by atoms with Crippen LogP contribution in [0.5, 0.6) is 0 Å². The number of carbonyl (C=O) groups excluding carboxylic acids is 1. The first kappa shape index (κ1) is 16.5. The van der Waals surface area contributed by atoms with E-state index in [0.29, 0.717) is 9.60 Å². The lowest BCUT2D eigenvalue weighted by molar-refractivity contribution is 0.0337. The monoisotopic (exact) mass is 399 g/mol. The maximum absolute atomic E-state index is 13.4. The second-order valence-electron chi connectivity index (χ2n) is 5.14. The predicted molar refractivity (Wildman–Crippen MR) is 90.3 cm³/mol. The van der Waals surface area contributed by atoms with Crippen molar-refractivity contribution in [2.24, 2.45) is 0 Å². The number of thiazole rings is 1. The average Bonchev–Trinajstić information content (AvgIpc) is 2.94. The Morgan fingerprint density at radius 2 is 2.17 bits per heavy atom. The summed E-state index contributed by atoms with van der Waals surface area (Å²) >= 11 is 4.54. The zero-order valence-electron chi connectivity index (χ0n) is 12.2. The van der Waals surface area contributed by atoms with Crippen molar-refractivity contribution in [1.82, 2.24) is 9.88 Å². The fourth-order valence-electron chi connectivity index (χ4n) is 2.28. The zero-order chi connectivity index (χ0) is 16.2. The van der Waals surface area contributed by atoms with Crippen LogP contribution in [0.2, 0.25) is 0 Å². The number of amides is 1. The summed E-state index contributed by atoms with van der Waals surface area (Å²) < 4.78 is 19.2. The summed E-state index contributed by atoms with van der Waals surface area (Å²) in [5.41, 5.74) is 1.16. The summed E-state index contributed by atoms with van der Waals surface area (Å²) in [5.74, 6) is -0.839. The van der Waals surface area contributed by atoms with E-state index in [4.69, 9.17) is 4.74 Å². The number of hydrogen-bond acceptors (Lipinski definition) is 5. The minimum Gasteiger partial charge on any atom is -0.379 e. The molecule has 1 N–H and O–H groups in total. The fraction of sp³-hybridized carbons (Fsp3) is 0.333. The van der Waals surface area contributed by atoms with Crippen molar-refractivity contribution in [2.45, 2.75) is 6.54 Å². The Hall–Kier alpha value is -1.35. The van der Waals surface area contributed by atoms with E-state index < -0.39 is 5.82 Å². The van der Waals surface area contributed by atoms with Crippen LogP contribution in [-0.4, -0.2) is 42.1 Å². The number of ether oxygens (including phenoxy) is 1. The number of benzene rings is 1. The van der Waals surface area contributed by atoms with Crippen LogP contribution >= 0.6 is 27.3 Å². The number of carbonyl (C=O) groups is 1. The molecular formula is C15H15BrFN3O2S. The largest absolute Gasteiger partial charge is 0.379 e. The molecule has 5 nitrogen and oxygen atoms in total. The van der Waals surface area contributed by atoms with Gasteiger partial charge in [-0.15, -0.1) is 11.3 Å². The molecule has 0 unspecified atom stereocenters. The number of morpholine rings is 1.